The van der Waals surface area contributed by atoms with Crippen LogP contribution in [0.3, 0.4) is 0 Å². The van der Waals surface area contributed by atoms with Crippen LogP contribution in [0.4, 0.5) is 0 Å². The maximum atomic E-state index is 10.9. The highest BCUT2D eigenvalue weighted by Gasteiger charge is 2.07. The molecule has 1 heterocycles. The molecule has 0 aliphatic heterocycles. The summed E-state index contributed by atoms with van der Waals surface area (Å²) in [6.07, 6.45) is 1.82. The van der Waals surface area contributed by atoms with Crippen molar-refractivity contribution in [1.29, 1.82) is 0 Å². The Kier molecular flexibility index (Phi) is 3.35. The van der Waals surface area contributed by atoms with Gasteiger partial charge in [0.2, 0.25) is 0 Å². The van der Waals surface area contributed by atoms with Crippen molar-refractivity contribution in [1.82, 2.24) is 9.55 Å². The highest BCUT2D eigenvalue weighted by atomic mass is 16.4. The van der Waals surface area contributed by atoms with Crippen molar-refractivity contribution in [2.24, 2.45) is 0 Å². The third-order valence-electron chi connectivity index (χ3n) is 4.05. The zero-order chi connectivity index (χ0) is 16.5. The zero-order valence-corrected chi connectivity index (χ0v) is 12.8. The second-order valence-corrected chi connectivity index (χ2v) is 5.54. The predicted octanol–water partition coefficient (Wildman–Crippen LogP) is 4.39. The first-order chi connectivity index (χ1) is 11.7. The van der Waals surface area contributed by atoms with E-state index in [-0.39, 0.29) is 5.56 Å². The number of aromatic carboxylic acids is 1. The second kappa shape index (κ2) is 5.66. The number of aromatic nitrogens is 2. The van der Waals surface area contributed by atoms with Crippen molar-refractivity contribution in [3.8, 4) is 16.8 Å². The van der Waals surface area contributed by atoms with Crippen LogP contribution in [0.25, 0.3) is 27.8 Å². The molecule has 1 aromatic heterocycles. The van der Waals surface area contributed by atoms with Crippen LogP contribution in [0, 0.1) is 0 Å². The molecular weight excluding hydrogens is 300 g/mol. The van der Waals surface area contributed by atoms with Gasteiger partial charge in [0.1, 0.15) is 6.33 Å². The predicted molar refractivity (Wildman–Crippen MR) is 93.5 cm³/mol. The van der Waals surface area contributed by atoms with Gasteiger partial charge in [-0.3, -0.25) is 4.57 Å². The molecule has 4 aromatic rings. The third kappa shape index (κ3) is 2.44. The molecule has 0 saturated heterocycles. The van der Waals surface area contributed by atoms with Crippen molar-refractivity contribution < 1.29 is 9.90 Å². The summed E-state index contributed by atoms with van der Waals surface area (Å²) >= 11 is 0. The summed E-state index contributed by atoms with van der Waals surface area (Å²) in [6.45, 7) is 0. The van der Waals surface area contributed by atoms with Gasteiger partial charge in [-0.2, -0.15) is 0 Å². The number of para-hydroxylation sites is 1. The molecule has 116 valence electrons. The molecule has 4 nitrogen and oxygen atoms in total. The van der Waals surface area contributed by atoms with Gasteiger partial charge in [-0.05, 0) is 47.5 Å². The Bertz CT molecular complexity index is 1020. The van der Waals surface area contributed by atoms with Crippen molar-refractivity contribution in [3.05, 3.63) is 84.7 Å². The Balaban J connectivity index is 1.76. The van der Waals surface area contributed by atoms with Crippen LogP contribution < -0.4 is 0 Å². The highest BCUT2D eigenvalue weighted by Crippen LogP contribution is 2.25. The minimum Gasteiger partial charge on any atom is -0.478 e. The number of rotatable bonds is 3. The Morgan fingerprint density at radius 3 is 2.29 bits per heavy atom. The lowest BCUT2D eigenvalue weighted by molar-refractivity contribution is 0.0697. The normalized spacial score (nSPS) is 10.8. The van der Waals surface area contributed by atoms with Crippen LogP contribution in [0.2, 0.25) is 0 Å². The molecule has 0 aliphatic carbocycles. The fraction of sp³-hybridized carbons (Fsp3) is 0. The largest absolute Gasteiger partial charge is 0.478 e. The van der Waals surface area contributed by atoms with E-state index in [1.807, 2.05) is 71.6 Å². The van der Waals surface area contributed by atoms with E-state index >= 15 is 0 Å². The fourth-order valence-corrected chi connectivity index (χ4v) is 2.79. The Morgan fingerprint density at radius 2 is 1.58 bits per heavy atom. The summed E-state index contributed by atoms with van der Waals surface area (Å²) in [5.74, 6) is -0.918. The van der Waals surface area contributed by atoms with E-state index in [0.29, 0.717) is 0 Å². The van der Waals surface area contributed by atoms with E-state index in [2.05, 4.69) is 4.98 Å². The summed E-state index contributed by atoms with van der Waals surface area (Å²) in [6, 6.07) is 23.0. The van der Waals surface area contributed by atoms with Crippen LogP contribution in [0.1, 0.15) is 10.4 Å². The molecule has 0 spiro atoms. The molecule has 4 rings (SSSR count). The molecule has 1 N–H and O–H groups in total. The Labute approximate surface area is 138 Å². The molecule has 4 heteroatoms. The van der Waals surface area contributed by atoms with Gasteiger partial charge in [0.15, 0.2) is 0 Å². The number of imidazole rings is 1. The number of fused-ring (bicyclic) bond motifs is 1. The minimum atomic E-state index is -0.918. The van der Waals surface area contributed by atoms with Gasteiger partial charge in [0.25, 0.3) is 0 Å². The molecule has 24 heavy (non-hydrogen) atoms. The van der Waals surface area contributed by atoms with Gasteiger partial charge in [0.05, 0.1) is 16.6 Å². The first-order valence-electron chi connectivity index (χ1n) is 7.59. The lowest BCUT2D eigenvalue weighted by Crippen LogP contribution is -1.95. The summed E-state index contributed by atoms with van der Waals surface area (Å²) in [5, 5.41) is 8.99. The van der Waals surface area contributed by atoms with Crippen molar-refractivity contribution in [2.45, 2.75) is 0 Å². The highest BCUT2D eigenvalue weighted by molar-refractivity contribution is 5.89. The van der Waals surface area contributed by atoms with Crippen LogP contribution in [-0.4, -0.2) is 20.6 Å². The lowest BCUT2D eigenvalue weighted by atomic mass is 10.0. The standard InChI is InChI=1S/C20H14N2O2/c23-20(24)15-8-6-14(7-9-15)16-10-11-19-18(12-16)21-13-22(19)17-4-2-1-3-5-17/h1-13H,(H,23,24). The van der Waals surface area contributed by atoms with Gasteiger partial charge in [0, 0.05) is 5.69 Å². The first kappa shape index (κ1) is 14.2. The number of hydrogen-bond acceptors (Lipinski definition) is 2. The van der Waals surface area contributed by atoms with Crippen LogP contribution in [-0.2, 0) is 0 Å². The second-order valence-electron chi connectivity index (χ2n) is 5.54. The summed E-state index contributed by atoms with van der Waals surface area (Å²) < 4.78 is 2.05. The van der Waals surface area contributed by atoms with E-state index in [1.165, 1.54) is 0 Å². The summed E-state index contributed by atoms with van der Waals surface area (Å²) in [7, 11) is 0. The first-order valence-corrected chi connectivity index (χ1v) is 7.59. The molecule has 0 amide bonds. The van der Waals surface area contributed by atoms with Gasteiger partial charge in [-0.25, -0.2) is 9.78 Å². The van der Waals surface area contributed by atoms with E-state index in [1.54, 1.807) is 12.1 Å². The number of benzene rings is 3. The maximum absolute atomic E-state index is 10.9. The fourth-order valence-electron chi connectivity index (χ4n) is 2.79. The van der Waals surface area contributed by atoms with Gasteiger partial charge in [-0.15, -0.1) is 0 Å². The van der Waals surface area contributed by atoms with Crippen molar-refractivity contribution >= 4 is 17.0 Å². The SMILES string of the molecule is O=C(O)c1ccc(-c2ccc3c(c2)ncn3-c2ccccc2)cc1. The van der Waals surface area contributed by atoms with Crippen LogP contribution in [0.15, 0.2) is 79.1 Å². The molecule has 0 unspecified atom stereocenters. The average Bonchev–Trinajstić information content (AvgIpc) is 3.05. The van der Waals surface area contributed by atoms with E-state index in [0.717, 1.165) is 27.8 Å². The summed E-state index contributed by atoms with van der Waals surface area (Å²) in [5.41, 5.74) is 5.27. The molecule has 0 bridgehead atoms. The number of nitrogens with zero attached hydrogens (tertiary/aromatic N) is 2. The molecule has 0 aliphatic rings. The topological polar surface area (TPSA) is 55.1 Å². The maximum Gasteiger partial charge on any atom is 0.335 e. The van der Waals surface area contributed by atoms with Gasteiger partial charge >= 0.3 is 5.97 Å². The zero-order valence-electron chi connectivity index (χ0n) is 12.8. The minimum absolute atomic E-state index is 0.285. The number of carboxylic acid groups (broad SMARTS) is 1. The average molecular weight is 314 g/mol. The van der Waals surface area contributed by atoms with Gasteiger partial charge in [-0.1, -0.05) is 36.4 Å². The molecule has 3 aromatic carbocycles. The van der Waals surface area contributed by atoms with E-state index in [4.69, 9.17) is 5.11 Å². The van der Waals surface area contributed by atoms with E-state index in [9.17, 15) is 4.79 Å². The molecule has 0 atom stereocenters. The van der Waals surface area contributed by atoms with Crippen molar-refractivity contribution in [3.63, 3.8) is 0 Å². The van der Waals surface area contributed by atoms with E-state index < -0.39 is 5.97 Å². The number of hydrogen-bond donors (Lipinski definition) is 1. The molecule has 0 radical (unpaired) electrons. The number of carbonyl (C=O) groups is 1. The number of carboxylic acids is 1. The lowest BCUT2D eigenvalue weighted by Gasteiger charge is -2.05. The smallest absolute Gasteiger partial charge is 0.335 e. The molecule has 0 saturated carbocycles. The third-order valence-corrected chi connectivity index (χ3v) is 4.05. The Morgan fingerprint density at radius 1 is 0.875 bits per heavy atom. The quantitative estimate of drug-likeness (QED) is 0.610. The Hall–Kier alpha value is -3.40. The van der Waals surface area contributed by atoms with Crippen molar-refractivity contribution in [2.75, 3.05) is 0 Å². The summed E-state index contributed by atoms with van der Waals surface area (Å²) in [4.78, 5) is 15.4. The van der Waals surface area contributed by atoms with Crippen LogP contribution >= 0.6 is 0 Å². The molecule has 0 fully saturated rings. The molecular formula is C20H14N2O2. The van der Waals surface area contributed by atoms with Crippen LogP contribution in [0.5, 0.6) is 0 Å². The monoisotopic (exact) mass is 314 g/mol. The van der Waals surface area contributed by atoms with Gasteiger partial charge < -0.3 is 5.11 Å².